The lowest BCUT2D eigenvalue weighted by atomic mass is 10.2. The van der Waals surface area contributed by atoms with E-state index in [0.29, 0.717) is 4.83 Å². The molecule has 1 aromatic heterocycles. The second kappa shape index (κ2) is 6.47. The van der Waals surface area contributed by atoms with E-state index in [9.17, 15) is 0 Å². The first-order valence-corrected chi connectivity index (χ1v) is 7.59. The Bertz CT molecular complexity index is 438. The van der Waals surface area contributed by atoms with Gasteiger partial charge in [-0.1, -0.05) is 28.1 Å². The first-order valence-electron chi connectivity index (χ1n) is 5.86. The zero-order chi connectivity index (χ0) is 12.1. The van der Waals surface area contributed by atoms with Gasteiger partial charge < -0.3 is 4.74 Å². The van der Waals surface area contributed by atoms with E-state index in [4.69, 9.17) is 4.74 Å². The van der Waals surface area contributed by atoms with Crippen molar-refractivity contribution in [2.45, 2.75) is 24.6 Å². The molecule has 2 nitrogen and oxygen atoms in total. The van der Waals surface area contributed by atoms with Crippen LogP contribution < -0.4 is 0 Å². The van der Waals surface area contributed by atoms with E-state index in [1.165, 1.54) is 9.71 Å². The van der Waals surface area contributed by atoms with E-state index in [1.54, 1.807) is 11.3 Å². The first-order chi connectivity index (χ1) is 8.29. The number of thiazole rings is 1. The predicted octanol–water partition coefficient (Wildman–Crippen LogP) is 4.03. The Labute approximate surface area is 114 Å². The Morgan fingerprint density at radius 2 is 2.24 bits per heavy atom. The summed E-state index contributed by atoms with van der Waals surface area (Å²) in [6.45, 7) is 3.63. The van der Waals surface area contributed by atoms with Crippen molar-refractivity contribution in [3.05, 3.63) is 29.3 Å². The molecule has 0 saturated carbocycles. The van der Waals surface area contributed by atoms with Gasteiger partial charge in [0.05, 0.1) is 15.2 Å². The zero-order valence-corrected chi connectivity index (χ0v) is 12.3. The third kappa shape index (κ3) is 3.76. The fraction of sp³-hybridized carbons (Fsp3) is 0.462. The topological polar surface area (TPSA) is 22.1 Å². The van der Waals surface area contributed by atoms with Crippen molar-refractivity contribution < 1.29 is 4.74 Å². The number of aromatic nitrogens is 1. The number of alkyl halides is 1. The fourth-order valence-electron chi connectivity index (χ4n) is 1.65. The smallest absolute Gasteiger partial charge is 0.0949 e. The van der Waals surface area contributed by atoms with Crippen LogP contribution in [0.5, 0.6) is 0 Å². The molecule has 2 aromatic rings. The Balaban J connectivity index is 1.93. The van der Waals surface area contributed by atoms with Gasteiger partial charge in [-0.15, -0.1) is 11.3 Å². The van der Waals surface area contributed by atoms with Crippen LogP contribution in [0.25, 0.3) is 10.2 Å². The molecule has 1 aromatic carbocycles. The quantitative estimate of drug-likeness (QED) is 0.593. The van der Waals surface area contributed by atoms with Crippen molar-refractivity contribution in [1.82, 2.24) is 4.98 Å². The predicted molar refractivity (Wildman–Crippen MR) is 77.1 cm³/mol. The van der Waals surface area contributed by atoms with Crippen LogP contribution >= 0.6 is 27.3 Å². The molecule has 2 rings (SSSR count). The first kappa shape index (κ1) is 13.0. The molecule has 1 atom stereocenters. The fourth-order valence-corrected chi connectivity index (χ4v) is 3.41. The average Bonchev–Trinajstić information content (AvgIpc) is 2.71. The summed E-state index contributed by atoms with van der Waals surface area (Å²) in [5, 5.41) is 1.20. The summed E-state index contributed by atoms with van der Waals surface area (Å²) in [4.78, 5) is 5.08. The maximum absolute atomic E-state index is 5.35. The van der Waals surface area contributed by atoms with Crippen molar-refractivity contribution in [2.75, 3.05) is 13.2 Å². The lowest BCUT2D eigenvalue weighted by molar-refractivity contribution is 0.145. The summed E-state index contributed by atoms with van der Waals surface area (Å²) < 4.78 is 6.62. The van der Waals surface area contributed by atoms with Crippen molar-refractivity contribution in [2.24, 2.45) is 0 Å². The number of hydrogen-bond donors (Lipinski definition) is 0. The number of ether oxygens (including phenoxy) is 1. The molecule has 0 aliphatic carbocycles. The van der Waals surface area contributed by atoms with Crippen molar-refractivity contribution in [3.8, 4) is 0 Å². The van der Waals surface area contributed by atoms with Gasteiger partial charge >= 0.3 is 0 Å². The Hall–Kier alpha value is -0.450. The summed E-state index contributed by atoms with van der Waals surface area (Å²) in [5.41, 5.74) is 1.11. The van der Waals surface area contributed by atoms with Crippen LogP contribution in [0.3, 0.4) is 0 Å². The van der Waals surface area contributed by atoms with Crippen LogP contribution in [0.15, 0.2) is 24.3 Å². The van der Waals surface area contributed by atoms with Crippen LogP contribution in [-0.2, 0) is 11.2 Å². The molecule has 0 fully saturated rings. The van der Waals surface area contributed by atoms with Crippen molar-refractivity contribution in [3.63, 3.8) is 0 Å². The molecule has 0 amide bonds. The van der Waals surface area contributed by atoms with Gasteiger partial charge in [-0.3, -0.25) is 0 Å². The van der Waals surface area contributed by atoms with Gasteiger partial charge in [-0.2, -0.15) is 0 Å². The highest BCUT2D eigenvalue weighted by atomic mass is 79.9. The summed E-state index contributed by atoms with van der Waals surface area (Å²) >= 11 is 5.47. The second-order valence-electron chi connectivity index (χ2n) is 3.86. The maximum Gasteiger partial charge on any atom is 0.0949 e. The molecule has 17 heavy (non-hydrogen) atoms. The highest BCUT2D eigenvalue weighted by Crippen LogP contribution is 2.24. The number of halogens is 1. The largest absolute Gasteiger partial charge is 0.382 e. The molecule has 4 heteroatoms. The summed E-state index contributed by atoms with van der Waals surface area (Å²) in [6, 6.07) is 8.29. The van der Waals surface area contributed by atoms with Crippen LogP contribution in [-0.4, -0.2) is 23.0 Å². The molecule has 0 spiro atoms. The lowest BCUT2D eigenvalue weighted by Gasteiger charge is -2.07. The molecule has 0 aliphatic heterocycles. The van der Waals surface area contributed by atoms with Gasteiger partial charge in [-0.05, 0) is 25.5 Å². The highest BCUT2D eigenvalue weighted by molar-refractivity contribution is 9.09. The van der Waals surface area contributed by atoms with Gasteiger partial charge in [-0.25, -0.2) is 4.98 Å². The van der Waals surface area contributed by atoms with Gasteiger partial charge in [0.25, 0.3) is 0 Å². The van der Waals surface area contributed by atoms with Gasteiger partial charge in [0.15, 0.2) is 0 Å². The Morgan fingerprint density at radius 3 is 3.00 bits per heavy atom. The van der Waals surface area contributed by atoms with Gasteiger partial charge in [0, 0.05) is 24.5 Å². The average molecular weight is 314 g/mol. The van der Waals surface area contributed by atoms with Crippen LogP contribution in [0, 0.1) is 0 Å². The second-order valence-corrected chi connectivity index (χ2v) is 6.27. The van der Waals surface area contributed by atoms with Crippen molar-refractivity contribution in [1.29, 1.82) is 0 Å². The lowest BCUT2D eigenvalue weighted by Crippen LogP contribution is -2.07. The Kier molecular flexibility index (Phi) is 4.95. The molecule has 1 unspecified atom stereocenters. The van der Waals surface area contributed by atoms with Crippen LogP contribution in [0.2, 0.25) is 0 Å². The minimum atomic E-state index is 0.453. The molecular formula is C13H16BrNOS. The van der Waals surface area contributed by atoms with Crippen molar-refractivity contribution >= 4 is 37.5 Å². The van der Waals surface area contributed by atoms with E-state index in [2.05, 4.69) is 39.1 Å². The SMILES string of the molecule is CCOCCC(Br)Cc1nc2ccccc2s1. The number of rotatable bonds is 6. The molecule has 92 valence electrons. The van der Waals surface area contributed by atoms with E-state index < -0.39 is 0 Å². The molecule has 0 radical (unpaired) electrons. The number of para-hydroxylation sites is 1. The molecule has 0 bridgehead atoms. The number of hydrogen-bond acceptors (Lipinski definition) is 3. The standard InChI is InChI=1S/C13H16BrNOS/c1-2-16-8-7-10(14)9-13-15-11-5-3-4-6-12(11)17-13/h3-6,10H,2,7-9H2,1H3. The zero-order valence-electron chi connectivity index (χ0n) is 9.86. The normalized spacial score (nSPS) is 13.1. The Morgan fingerprint density at radius 1 is 1.41 bits per heavy atom. The van der Waals surface area contributed by atoms with Gasteiger partial charge in [0.2, 0.25) is 0 Å². The monoisotopic (exact) mass is 313 g/mol. The number of fused-ring (bicyclic) bond motifs is 1. The third-order valence-corrected chi connectivity index (χ3v) is 4.35. The van der Waals surface area contributed by atoms with Gasteiger partial charge in [0.1, 0.15) is 0 Å². The minimum Gasteiger partial charge on any atom is -0.382 e. The number of nitrogens with zero attached hydrogens (tertiary/aromatic N) is 1. The highest BCUT2D eigenvalue weighted by Gasteiger charge is 2.09. The molecule has 0 N–H and O–H groups in total. The molecule has 0 saturated heterocycles. The third-order valence-electron chi connectivity index (χ3n) is 2.51. The summed E-state index contributed by atoms with van der Waals surface area (Å²) in [5.74, 6) is 0. The van der Waals surface area contributed by atoms with Crippen LogP contribution in [0.4, 0.5) is 0 Å². The van der Waals surface area contributed by atoms with E-state index >= 15 is 0 Å². The molecule has 0 aliphatic rings. The maximum atomic E-state index is 5.35. The molecular weight excluding hydrogens is 298 g/mol. The van der Waals surface area contributed by atoms with Crippen LogP contribution in [0.1, 0.15) is 18.4 Å². The molecule has 1 heterocycles. The number of benzene rings is 1. The summed E-state index contributed by atoms with van der Waals surface area (Å²) in [7, 11) is 0. The minimum absolute atomic E-state index is 0.453. The van der Waals surface area contributed by atoms with E-state index in [-0.39, 0.29) is 0 Å². The van der Waals surface area contributed by atoms with E-state index in [1.807, 2.05) is 13.0 Å². The summed E-state index contributed by atoms with van der Waals surface area (Å²) in [6.07, 6.45) is 2.01. The van der Waals surface area contributed by atoms with E-state index in [0.717, 1.165) is 31.6 Å².